The molecule has 3 aliphatic rings. The zero-order valence-corrected chi connectivity index (χ0v) is 15.2. The van der Waals surface area contributed by atoms with E-state index >= 15 is 0 Å². The molecule has 0 bridgehead atoms. The Morgan fingerprint density at radius 2 is 1.75 bits per heavy atom. The molecule has 0 heterocycles. The molecule has 0 radical (unpaired) electrons. The molecule has 0 saturated heterocycles. The van der Waals surface area contributed by atoms with Crippen molar-refractivity contribution in [3.63, 3.8) is 0 Å². The maximum Gasteiger partial charge on any atom is 0.170 e. The van der Waals surface area contributed by atoms with E-state index in [1.807, 2.05) is 27.7 Å². The normalized spacial score (nSPS) is 47.9. The molecule has 0 aliphatic heterocycles. The highest BCUT2D eigenvalue weighted by atomic mass is 16.3. The van der Waals surface area contributed by atoms with Crippen LogP contribution < -0.4 is 0 Å². The molecule has 3 N–H and O–H groups in total. The molecule has 134 valence electrons. The van der Waals surface area contributed by atoms with Crippen molar-refractivity contribution in [2.24, 2.45) is 22.2 Å². The number of hydrogen-bond donors (Lipinski definition) is 3. The van der Waals surface area contributed by atoms with Crippen LogP contribution >= 0.6 is 0 Å². The largest absolute Gasteiger partial charge is 0.392 e. The lowest BCUT2D eigenvalue weighted by Crippen LogP contribution is -2.62. The van der Waals surface area contributed by atoms with Crippen LogP contribution in [0.1, 0.15) is 53.4 Å². The molecular weight excluding hydrogens is 304 g/mol. The van der Waals surface area contributed by atoms with Gasteiger partial charge in [-0.05, 0) is 36.7 Å². The lowest BCUT2D eigenvalue weighted by Gasteiger charge is -2.59. The molecule has 1 saturated carbocycles. The van der Waals surface area contributed by atoms with E-state index in [-0.39, 0.29) is 11.2 Å². The average molecular weight is 334 g/mol. The van der Waals surface area contributed by atoms with Crippen molar-refractivity contribution < 1.29 is 20.1 Å². The van der Waals surface area contributed by atoms with Gasteiger partial charge in [0.2, 0.25) is 0 Å². The monoisotopic (exact) mass is 334 g/mol. The smallest absolute Gasteiger partial charge is 0.170 e. The summed E-state index contributed by atoms with van der Waals surface area (Å²) in [7, 11) is 0. The van der Waals surface area contributed by atoms with Gasteiger partial charge in [-0.2, -0.15) is 0 Å². The summed E-state index contributed by atoms with van der Waals surface area (Å²) in [4.78, 5) is 13.1. The van der Waals surface area contributed by atoms with Gasteiger partial charge < -0.3 is 15.3 Å². The van der Waals surface area contributed by atoms with E-state index in [4.69, 9.17) is 0 Å². The highest BCUT2D eigenvalue weighted by Gasteiger charge is 2.62. The van der Waals surface area contributed by atoms with Gasteiger partial charge in [-0.3, -0.25) is 4.79 Å². The fourth-order valence-corrected chi connectivity index (χ4v) is 5.63. The fourth-order valence-electron chi connectivity index (χ4n) is 5.63. The Bertz CT molecular complexity index is 619. The van der Waals surface area contributed by atoms with Crippen molar-refractivity contribution in [2.75, 3.05) is 0 Å². The number of fused-ring (bicyclic) bond motifs is 2. The number of carbonyl (C=O) groups excluding carboxylic acids is 1. The molecule has 4 nitrogen and oxygen atoms in total. The van der Waals surface area contributed by atoms with Crippen molar-refractivity contribution in [1.82, 2.24) is 0 Å². The lowest BCUT2D eigenvalue weighted by molar-refractivity contribution is -0.157. The molecule has 6 atom stereocenters. The van der Waals surface area contributed by atoms with E-state index < -0.39 is 35.1 Å². The molecule has 0 spiro atoms. The summed E-state index contributed by atoms with van der Waals surface area (Å²) in [6.45, 7) is 11.8. The summed E-state index contributed by atoms with van der Waals surface area (Å²) in [5.41, 5.74) is -0.236. The average Bonchev–Trinajstić information content (AvgIpc) is 2.52. The summed E-state index contributed by atoms with van der Waals surface area (Å²) in [5.74, 6) is -0.685. The van der Waals surface area contributed by atoms with E-state index in [0.29, 0.717) is 24.8 Å². The van der Waals surface area contributed by atoms with Crippen LogP contribution in [0.15, 0.2) is 23.8 Å². The Morgan fingerprint density at radius 3 is 2.33 bits per heavy atom. The van der Waals surface area contributed by atoms with E-state index in [9.17, 15) is 20.1 Å². The first-order valence-electron chi connectivity index (χ1n) is 8.95. The first-order chi connectivity index (χ1) is 11.0. The molecule has 6 unspecified atom stereocenters. The second-order valence-corrected chi connectivity index (χ2v) is 9.11. The highest BCUT2D eigenvalue weighted by molar-refractivity contribution is 5.92. The molecule has 1 fully saturated rings. The van der Waals surface area contributed by atoms with Crippen LogP contribution in [0.4, 0.5) is 0 Å². The topological polar surface area (TPSA) is 77.8 Å². The van der Waals surface area contributed by atoms with E-state index in [1.54, 1.807) is 6.08 Å². The molecule has 0 amide bonds. The summed E-state index contributed by atoms with van der Waals surface area (Å²) < 4.78 is 0. The van der Waals surface area contributed by atoms with Gasteiger partial charge in [0.15, 0.2) is 5.78 Å². The minimum Gasteiger partial charge on any atom is -0.392 e. The molecule has 0 aromatic carbocycles. The number of aliphatic hydroxyl groups is 3. The Morgan fingerprint density at radius 1 is 1.12 bits per heavy atom. The number of ketones is 1. The minimum absolute atomic E-state index is 0.257. The molecule has 3 rings (SSSR count). The van der Waals surface area contributed by atoms with Crippen LogP contribution in [0, 0.1) is 22.2 Å². The summed E-state index contributed by atoms with van der Waals surface area (Å²) in [6, 6.07) is 0. The summed E-state index contributed by atoms with van der Waals surface area (Å²) in [5, 5.41) is 32.5. The first kappa shape index (κ1) is 17.8. The summed E-state index contributed by atoms with van der Waals surface area (Å²) in [6.07, 6.45) is 1.63. The fraction of sp³-hybridized carbons (Fsp3) is 0.750. The second kappa shape index (κ2) is 5.26. The quantitative estimate of drug-likeness (QED) is 0.644. The van der Waals surface area contributed by atoms with Gasteiger partial charge in [0.1, 0.15) is 6.10 Å². The SMILES string of the molecule is C=CC1(C)CCC2=C(C(O)C(=O)C3C(C)(C)CCC(O)C23C)C1O. The number of carbonyl (C=O) groups is 1. The maximum atomic E-state index is 13.1. The summed E-state index contributed by atoms with van der Waals surface area (Å²) >= 11 is 0. The van der Waals surface area contributed by atoms with Gasteiger partial charge in [-0.15, -0.1) is 6.58 Å². The zero-order valence-electron chi connectivity index (χ0n) is 15.2. The standard InChI is InChI=1S/C20H30O4/c1-6-19(4)10-7-11-13(17(19)24)14(22)15(23)16-18(2,3)9-8-12(21)20(11,16)5/h6,12,14,16-17,21-22,24H,1,7-10H2,2-5H3. The number of hydrogen-bond acceptors (Lipinski definition) is 4. The number of Topliss-reactive ketones (excluding diaryl/α,β-unsaturated/α-hetero) is 1. The molecule has 0 aromatic rings. The van der Waals surface area contributed by atoms with Crippen molar-refractivity contribution in [1.29, 1.82) is 0 Å². The van der Waals surface area contributed by atoms with Gasteiger partial charge in [0, 0.05) is 16.7 Å². The number of aliphatic hydroxyl groups excluding tert-OH is 3. The molecule has 0 aromatic heterocycles. The third-order valence-electron chi connectivity index (χ3n) is 7.28. The Balaban J connectivity index is 2.23. The second-order valence-electron chi connectivity index (χ2n) is 9.11. The van der Waals surface area contributed by atoms with Crippen LogP contribution in [-0.4, -0.2) is 39.4 Å². The maximum absolute atomic E-state index is 13.1. The number of rotatable bonds is 1. The molecule has 4 heteroatoms. The van der Waals surface area contributed by atoms with Gasteiger partial charge >= 0.3 is 0 Å². The van der Waals surface area contributed by atoms with Crippen LogP contribution in [0.5, 0.6) is 0 Å². The van der Waals surface area contributed by atoms with Gasteiger partial charge in [-0.25, -0.2) is 0 Å². The Hall–Kier alpha value is -0.970. The Labute approximate surface area is 144 Å². The van der Waals surface area contributed by atoms with Gasteiger partial charge in [0.25, 0.3) is 0 Å². The van der Waals surface area contributed by atoms with E-state index in [0.717, 1.165) is 12.0 Å². The Kier molecular flexibility index (Phi) is 3.91. The zero-order chi connectivity index (χ0) is 18.1. The lowest BCUT2D eigenvalue weighted by atomic mass is 9.46. The van der Waals surface area contributed by atoms with Crippen LogP contribution in [0.25, 0.3) is 0 Å². The minimum atomic E-state index is -1.28. The van der Waals surface area contributed by atoms with Crippen LogP contribution in [-0.2, 0) is 4.79 Å². The molecule has 24 heavy (non-hydrogen) atoms. The van der Waals surface area contributed by atoms with Gasteiger partial charge in [0.05, 0.1) is 12.2 Å². The van der Waals surface area contributed by atoms with Crippen molar-refractivity contribution >= 4 is 5.78 Å². The molecular formula is C20H30O4. The van der Waals surface area contributed by atoms with E-state index in [1.165, 1.54) is 0 Å². The van der Waals surface area contributed by atoms with Crippen LogP contribution in [0.3, 0.4) is 0 Å². The highest BCUT2D eigenvalue weighted by Crippen LogP contribution is 2.61. The molecule has 3 aliphatic carbocycles. The third kappa shape index (κ3) is 2.06. The van der Waals surface area contributed by atoms with Crippen LogP contribution in [0.2, 0.25) is 0 Å². The predicted octanol–water partition coefficient (Wildman–Crippen LogP) is 2.38. The van der Waals surface area contributed by atoms with Gasteiger partial charge in [-0.1, -0.05) is 39.3 Å². The predicted molar refractivity (Wildman–Crippen MR) is 92.2 cm³/mol. The third-order valence-corrected chi connectivity index (χ3v) is 7.28. The van der Waals surface area contributed by atoms with Crippen molar-refractivity contribution in [3.8, 4) is 0 Å². The van der Waals surface area contributed by atoms with E-state index in [2.05, 4.69) is 6.58 Å². The van der Waals surface area contributed by atoms with Crippen molar-refractivity contribution in [3.05, 3.63) is 23.8 Å². The van der Waals surface area contributed by atoms with Crippen molar-refractivity contribution in [2.45, 2.75) is 71.7 Å². The first-order valence-corrected chi connectivity index (χ1v) is 8.95.